The lowest BCUT2D eigenvalue weighted by Gasteiger charge is -2.05. The molecule has 1 aromatic heterocycles. The van der Waals surface area contributed by atoms with E-state index in [1.54, 1.807) is 0 Å². The van der Waals surface area contributed by atoms with Crippen molar-refractivity contribution >= 4 is 0 Å². The standard InChI is InChI=1S/C8H2F5N4/c9-4-2(1-3-14-16-17-15-3)5(10)7(12)8(13)6(4)11/h1H,(H,14,15,16,17). The Hall–Kier alpha value is -2.06. The summed E-state index contributed by atoms with van der Waals surface area (Å²) in [5.74, 6) is -10.4. The molecule has 0 fully saturated rings. The van der Waals surface area contributed by atoms with E-state index in [0.717, 1.165) is 0 Å². The maximum absolute atomic E-state index is 13.2. The largest absolute Gasteiger partial charge is 0.242 e. The van der Waals surface area contributed by atoms with Gasteiger partial charge in [0.15, 0.2) is 29.1 Å². The van der Waals surface area contributed by atoms with Crippen molar-refractivity contribution in [1.82, 2.24) is 20.6 Å². The number of H-pyrrole nitrogens is 1. The zero-order valence-electron chi connectivity index (χ0n) is 7.81. The number of aromatic amines is 1. The van der Waals surface area contributed by atoms with Crippen molar-refractivity contribution < 1.29 is 22.0 Å². The average molecular weight is 249 g/mol. The molecule has 0 spiro atoms. The molecule has 1 heterocycles. The first-order chi connectivity index (χ1) is 8.02. The van der Waals surface area contributed by atoms with Gasteiger partial charge in [-0.25, -0.2) is 27.1 Å². The van der Waals surface area contributed by atoms with Crippen LogP contribution in [0.15, 0.2) is 0 Å². The van der Waals surface area contributed by atoms with Crippen LogP contribution in [0.5, 0.6) is 0 Å². The molecule has 0 aliphatic carbocycles. The monoisotopic (exact) mass is 249 g/mol. The van der Waals surface area contributed by atoms with Crippen molar-refractivity contribution in [2.24, 2.45) is 0 Å². The molecular formula is C8H2F5N4. The van der Waals surface area contributed by atoms with Crippen LogP contribution in [0.3, 0.4) is 0 Å². The normalized spacial score (nSPS) is 10.9. The molecule has 2 aromatic rings. The van der Waals surface area contributed by atoms with Gasteiger partial charge in [-0.15, -0.1) is 5.10 Å². The number of nitrogens with one attached hydrogen (secondary N) is 1. The number of rotatable bonds is 2. The third-order valence-electron chi connectivity index (χ3n) is 1.89. The van der Waals surface area contributed by atoms with E-state index in [0.29, 0.717) is 6.42 Å². The molecule has 17 heavy (non-hydrogen) atoms. The van der Waals surface area contributed by atoms with Gasteiger partial charge in [0.05, 0.1) is 6.42 Å². The van der Waals surface area contributed by atoms with Gasteiger partial charge in [0.2, 0.25) is 5.82 Å². The number of tetrazole rings is 1. The smallest absolute Gasteiger partial charge is 0.200 e. The molecule has 0 aliphatic rings. The fraction of sp³-hybridized carbons (Fsp3) is 0. The van der Waals surface area contributed by atoms with E-state index < -0.39 is 34.6 Å². The van der Waals surface area contributed by atoms with Crippen molar-refractivity contribution in [3.63, 3.8) is 0 Å². The molecule has 0 unspecified atom stereocenters. The molecule has 9 heteroatoms. The number of benzene rings is 1. The first-order valence-electron chi connectivity index (χ1n) is 4.12. The number of nitrogens with zero attached hydrogens (tertiary/aromatic N) is 3. The van der Waals surface area contributed by atoms with Gasteiger partial charge in [0.25, 0.3) is 0 Å². The highest BCUT2D eigenvalue weighted by atomic mass is 19.2. The molecule has 0 atom stereocenters. The summed E-state index contributed by atoms with van der Waals surface area (Å²) in [5, 5.41) is 11.5. The van der Waals surface area contributed by atoms with Crippen LogP contribution in [0.4, 0.5) is 22.0 Å². The summed E-state index contributed by atoms with van der Waals surface area (Å²) in [6.07, 6.45) is 0.607. The Morgan fingerprint density at radius 1 is 0.824 bits per heavy atom. The van der Waals surface area contributed by atoms with Crippen LogP contribution >= 0.6 is 0 Å². The minimum Gasteiger partial charge on any atom is -0.242 e. The highest BCUT2D eigenvalue weighted by molar-refractivity contribution is 5.34. The summed E-state index contributed by atoms with van der Waals surface area (Å²) >= 11 is 0. The molecule has 0 saturated heterocycles. The van der Waals surface area contributed by atoms with Gasteiger partial charge in [-0.3, -0.25) is 0 Å². The van der Waals surface area contributed by atoms with Crippen molar-refractivity contribution in [3.05, 3.63) is 46.9 Å². The van der Waals surface area contributed by atoms with E-state index >= 15 is 0 Å². The second-order valence-corrected chi connectivity index (χ2v) is 2.91. The molecule has 0 bridgehead atoms. The summed E-state index contributed by atoms with van der Waals surface area (Å²) in [6.45, 7) is 0. The zero-order chi connectivity index (χ0) is 12.6. The van der Waals surface area contributed by atoms with E-state index in [4.69, 9.17) is 0 Å². The van der Waals surface area contributed by atoms with Gasteiger partial charge >= 0.3 is 0 Å². The minimum absolute atomic E-state index is 0.242. The molecule has 1 aromatic carbocycles. The van der Waals surface area contributed by atoms with Crippen molar-refractivity contribution in [3.8, 4) is 0 Å². The maximum Gasteiger partial charge on any atom is 0.200 e. The van der Waals surface area contributed by atoms with E-state index in [2.05, 4.69) is 20.6 Å². The molecule has 0 amide bonds. The molecule has 1 radical (unpaired) electrons. The predicted octanol–water partition coefficient (Wildman–Crippen LogP) is 1.50. The second kappa shape index (κ2) is 4.07. The Kier molecular flexibility index (Phi) is 2.74. The Morgan fingerprint density at radius 3 is 1.82 bits per heavy atom. The molecule has 0 saturated carbocycles. The SMILES string of the molecule is Fc1c(F)c(F)c([CH]c2nnn[nH]2)c(F)c1F. The van der Waals surface area contributed by atoms with Crippen molar-refractivity contribution in [1.29, 1.82) is 0 Å². The Bertz CT molecular complexity index is 525. The number of hydrogen-bond acceptors (Lipinski definition) is 3. The minimum atomic E-state index is -2.21. The molecule has 89 valence electrons. The lowest BCUT2D eigenvalue weighted by molar-refractivity contribution is 0.374. The summed E-state index contributed by atoms with van der Waals surface area (Å²) in [5.41, 5.74) is -1.11. The van der Waals surface area contributed by atoms with Gasteiger partial charge in [0, 0.05) is 5.56 Å². The van der Waals surface area contributed by atoms with Gasteiger partial charge in [-0.2, -0.15) is 0 Å². The van der Waals surface area contributed by atoms with Crippen LogP contribution in [0.1, 0.15) is 11.4 Å². The topological polar surface area (TPSA) is 54.5 Å². The fourth-order valence-electron chi connectivity index (χ4n) is 1.11. The summed E-state index contributed by atoms with van der Waals surface area (Å²) in [6, 6.07) is 0. The predicted molar refractivity (Wildman–Crippen MR) is 42.9 cm³/mol. The zero-order valence-corrected chi connectivity index (χ0v) is 7.81. The Labute approximate surface area is 90.5 Å². The second-order valence-electron chi connectivity index (χ2n) is 2.91. The number of hydrogen-bond donors (Lipinski definition) is 1. The quantitative estimate of drug-likeness (QED) is 0.498. The van der Waals surface area contributed by atoms with Crippen LogP contribution in [0.25, 0.3) is 0 Å². The Balaban J connectivity index is 2.54. The van der Waals surface area contributed by atoms with Gasteiger partial charge in [-0.05, 0) is 10.4 Å². The van der Waals surface area contributed by atoms with E-state index in [-0.39, 0.29) is 5.82 Å². The first kappa shape index (κ1) is 11.4. The number of aromatic nitrogens is 4. The molecule has 2 rings (SSSR count). The summed E-state index contributed by atoms with van der Waals surface area (Å²) < 4.78 is 64.6. The van der Waals surface area contributed by atoms with Gasteiger partial charge < -0.3 is 0 Å². The summed E-state index contributed by atoms with van der Waals surface area (Å²) in [7, 11) is 0. The fourth-order valence-corrected chi connectivity index (χ4v) is 1.11. The lowest BCUT2D eigenvalue weighted by atomic mass is 10.1. The highest BCUT2D eigenvalue weighted by Crippen LogP contribution is 2.24. The number of halogens is 5. The lowest BCUT2D eigenvalue weighted by Crippen LogP contribution is -2.07. The molecule has 1 N–H and O–H groups in total. The summed E-state index contributed by atoms with van der Waals surface area (Å²) in [4.78, 5) is 0. The third-order valence-corrected chi connectivity index (χ3v) is 1.89. The highest BCUT2D eigenvalue weighted by Gasteiger charge is 2.26. The molecular weight excluding hydrogens is 247 g/mol. The van der Waals surface area contributed by atoms with Crippen LogP contribution < -0.4 is 0 Å². The molecule has 0 aliphatic heterocycles. The van der Waals surface area contributed by atoms with Crippen LogP contribution in [-0.2, 0) is 0 Å². The van der Waals surface area contributed by atoms with E-state index in [1.165, 1.54) is 0 Å². The van der Waals surface area contributed by atoms with E-state index in [9.17, 15) is 22.0 Å². The molecule has 4 nitrogen and oxygen atoms in total. The van der Waals surface area contributed by atoms with Crippen molar-refractivity contribution in [2.45, 2.75) is 0 Å². The van der Waals surface area contributed by atoms with E-state index in [1.807, 2.05) is 0 Å². The first-order valence-corrected chi connectivity index (χ1v) is 4.12. The van der Waals surface area contributed by atoms with Crippen LogP contribution in [-0.4, -0.2) is 20.6 Å². The van der Waals surface area contributed by atoms with Gasteiger partial charge in [-0.1, -0.05) is 0 Å². The third kappa shape index (κ3) is 1.83. The van der Waals surface area contributed by atoms with Crippen LogP contribution in [0.2, 0.25) is 0 Å². The maximum atomic E-state index is 13.2. The van der Waals surface area contributed by atoms with Crippen molar-refractivity contribution in [2.75, 3.05) is 0 Å². The Morgan fingerprint density at radius 2 is 1.35 bits per heavy atom. The average Bonchev–Trinajstić information content (AvgIpc) is 2.82. The van der Waals surface area contributed by atoms with Crippen LogP contribution in [0, 0.1) is 35.5 Å². The van der Waals surface area contributed by atoms with Gasteiger partial charge in [0.1, 0.15) is 0 Å².